The minimum absolute atomic E-state index is 0.0235. The van der Waals surface area contributed by atoms with Gasteiger partial charge in [-0.25, -0.2) is 4.39 Å². The van der Waals surface area contributed by atoms with Gasteiger partial charge >= 0.3 is 0 Å². The maximum absolute atomic E-state index is 12.9. The van der Waals surface area contributed by atoms with E-state index in [0.717, 1.165) is 25.2 Å². The number of rotatable bonds is 6. The molecule has 0 spiro atoms. The zero-order chi connectivity index (χ0) is 16.7. The van der Waals surface area contributed by atoms with Crippen LogP contribution in [0.2, 0.25) is 0 Å². The number of nitrogens with zero attached hydrogens (tertiary/aromatic N) is 2. The van der Waals surface area contributed by atoms with Crippen LogP contribution in [-0.4, -0.2) is 49.4 Å². The van der Waals surface area contributed by atoms with Crippen LogP contribution in [0.15, 0.2) is 24.3 Å². The Morgan fingerprint density at radius 3 is 2.35 bits per heavy atom. The SMILES string of the molecule is CCCNC(=O)CCC(=O)N1CCN(c2ccc(F)cc2)CC1. The molecule has 1 aromatic rings. The molecule has 5 nitrogen and oxygen atoms in total. The van der Waals surface area contributed by atoms with Crippen LogP contribution >= 0.6 is 0 Å². The first-order valence-corrected chi connectivity index (χ1v) is 8.15. The fourth-order valence-electron chi connectivity index (χ4n) is 2.60. The van der Waals surface area contributed by atoms with Crippen LogP contribution in [0, 0.1) is 5.82 Å². The Morgan fingerprint density at radius 1 is 1.09 bits per heavy atom. The number of hydrogen-bond acceptors (Lipinski definition) is 3. The second kappa shape index (κ2) is 8.50. The van der Waals surface area contributed by atoms with Gasteiger partial charge < -0.3 is 15.1 Å². The molecule has 0 bridgehead atoms. The summed E-state index contributed by atoms with van der Waals surface area (Å²) in [6.07, 6.45) is 1.40. The van der Waals surface area contributed by atoms with Crippen LogP contribution in [0.25, 0.3) is 0 Å². The average molecular weight is 321 g/mol. The number of amides is 2. The molecule has 1 fully saturated rings. The molecule has 0 aromatic heterocycles. The Hall–Kier alpha value is -2.11. The summed E-state index contributed by atoms with van der Waals surface area (Å²) in [6, 6.07) is 6.40. The summed E-state index contributed by atoms with van der Waals surface area (Å²) in [5.41, 5.74) is 0.970. The molecule has 1 aliphatic heterocycles. The Bertz CT molecular complexity index is 525. The molecular formula is C17H24FN3O2. The lowest BCUT2D eigenvalue weighted by Gasteiger charge is -2.36. The molecule has 1 N–H and O–H groups in total. The zero-order valence-corrected chi connectivity index (χ0v) is 13.6. The molecule has 1 aromatic carbocycles. The van der Waals surface area contributed by atoms with Crippen molar-refractivity contribution in [2.45, 2.75) is 26.2 Å². The molecular weight excluding hydrogens is 297 g/mol. The normalized spacial score (nSPS) is 14.7. The fraction of sp³-hybridized carbons (Fsp3) is 0.529. The standard InChI is InChI=1S/C17H24FN3O2/c1-2-9-19-16(22)7-8-17(23)21-12-10-20(11-13-21)15-5-3-14(18)4-6-15/h3-6H,2,7-13H2,1H3,(H,19,22). The van der Waals surface area contributed by atoms with Gasteiger partial charge in [0.2, 0.25) is 11.8 Å². The molecule has 1 heterocycles. The van der Waals surface area contributed by atoms with Gasteiger partial charge in [-0.1, -0.05) is 6.92 Å². The highest BCUT2D eigenvalue weighted by Gasteiger charge is 2.21. The molecule has 126 valence electrons. The van der Waals surface area contributed by atoms with Crippen molar-refractivity contribution in [1.82, 2.24) is 10.2 Å². The average Bonchev–Trinajstić information content (AvgIpc) is 2.58. The van der Waals surface area contributed by atoms with Gasteiger partial charge in [0.15, 0.2) is 0 Å². The number of benzene rings is 1. The highest BCUT2D eigenvalue weighted by atomic mass is 19.1. The van der Waals surface area contributed by atoms with Crippen LogP contribution in [0.1, 0.15) is 26.2 Å². The molecule has 1 aliphatic rings. The largest absolute Gasteiger partial charge is 0.368 e. The zero-order valence-electron chi connectivity index (χ0n) is 13.6. The Labute approximate surface area is 136 Å². The van der Waals surface area contributed by atoms with E-state index < -0.39 is 0 Å². The van der Waals surface area contributed by atoms with E-state index in [1.54, 1.807) is 17.0 Å². The van der Waals surface area contributed by atoms with E-state index in [9.17, 15) is 14.0 Å². The van der Waals surface area contributed by atoms with E-state index in [4.69, 9.17) is 0 Å². The van der Waals surface area contributed by atoms with Gasteiger partial charge in [0.05, 0.1) is 0 Å². The van der Waals surface area contributed by atoms with Crippen LogP contribution in [-0.2, 0) is 9.59 Å². The van der Waals surface area contributed by atoms with Crippen molar-refractivity contribution >= 4 is 17.5 Å². The summed E-state index contributed by atoms with van der Waals surface area (Å²) >= 11 is 0. The van der Waals surface area contributed by atoms with Crippen molar-refractivity contribution in [2.24, 2.45) is 0 Å². The topological polar surface area (TPSA) is 52.7 Å². The van der Waals surface area contributed by atoms with Crippen molar-refractivity contribution < 1.29 is 14.0 Å². The smallest absolute Gasteiger partial charge is 0.223 e. The Morgan fingerprint density at radius 2 is 1.74 bits per heavy atom. The predicted octanol–water partition coefficient (Wildman–Crippen LogP) is 1.78. The van der Waals surface area contributed by atoms with Gasteiger partial charge in [-0.05, 0) is 30.7 Å². The van der Waals surface area contributed by atoms with Gasteiger partial charge in [-0.15, -0.1) is 0 Å². The second-order valence-corrected chi connectivity index (χ2v) is 5.69. The maximum Gasteiger partial charge on any atom is 0.223 e. The molecule has 23 heavy (non-hydrogen) atoms. The molecule has 0 radical (unpaired) electrons. The van der Waals surface area contributed by atoms with E-state index in [2.05, 4.69) is 10.2 Å². The number of carbonyl (C=O) groups is 2. The van der Waals surface area contributed by atoms with E-state index in [-0.39, 0.29) is 30.5 Å². The van der Waals surface area contributed by atoms with E-state index in [1.165, 1.54) is 12.1 Å². The lowest BCUT2D eigenvalue weighted by Crippen LogP contribution is -2.49. The van der Waals surface area contributed by atoms with Gasteiger partial charge in [0.25, 0.3) is 0 Å². The summed E-state index contributed by atoms with van der Waals surface area (Å²) in [5, 5.41) is 2.78. The summed E-state index contributed by atoms with van der Waals surface area (Å²) in [5.74, 6) is -0.288. The molecule has 2 amide bonds. The van der Waals surface area contributed by atoms with Crippen LogP contribution in [0.5, 0.6) is 0 Å². The Kier molecular flexibility index (Phi) is 6.38. The molecule has 0 atom stereocenters. The van der Waals surface area contributed by atoms with Crippen LogP contribution in [0.4, 0.5) is 10.1 Å². The van der Waals surface area contributed by atoms with Crippen molar-refractivity contribution in [3.05, 3.63) is 30.1 Å². The highest BCUT2D eigenvalue weighted by Crippen LogP contribution is 2.17. The first-order valence-electron chi connectivity index (χ1n) is 8.15. The van der Waals surface area contributed by atoms with E-state index >= 15 is 0 Å². The predicted molar refractivity (Wildman–Crippen MR) is 87.7 cm³/mol. The number of hydrogen-bond donors (Lipinski definition) is 1. The van der Waals surface area contributed by atoms with E-state index in [1.807, 2.05) is 6.92 Å². The third-order valence-corrected chi connectivity index (χ3v) is 3.96. The Balaban J connectivity index is 1.74. The lowest BCUT2D eigenvalue weighted by molar-refractivity contribution is -0.133. The molecule has 1 saturated heterocycles. The van der Waals surface area contributed by atoms with Gasteiger partial charge in [0, 0.05) is 51.3 Å². The molecule has 0 aliphatic carbocycles. The summed E-state index contributed by atoms with van der Waals surface area (Å²) in [6.45, 7) is 5.35. The lowest BCUT2D eigenvalue weighted by atomic mass is 10.2. The van der Waals surface area contributed by atoms with Crippen molar-refractivity contribution in [2.75, 3.05) is 37.6 Å². The maximum atomic E-state index is 12.9. The number of anilines is 1. The molecule has 0 saturated carbocycles. The number of carbonyl (C=O) groups excluding carboxylic acids is 2. The van der Waals surface area contributed by atoms with Gasteiger partial charge in [-0.2, -0.15) is 0 Å². The third kappa shape index (κ3) is 5.23. The minimum atomic E-state index is -0.246. The van der Waals surface area contributed by atoms with Crippen molar-refractivity contribution in [1.29, 1.82) is 0 Å². The summed E-state index contributed by atoms with van der Waals surface area (Å²) in [7, 11) is 0. The minimum Gasteiger partial charge on any atom is -0.368 e. The summed E-state index contributed by atoms with van der Waals surface area (Å²) < 4.78 is 12.9. The molecule has 2 rings (SSSR count). The third-order valence-electron chi connectivity index (χ3n) is 3.96. The molecule has 0 unspecified atom stereocenters. The number of piperazine rings is 1. The van der Waals surface area contributed by atoms with Gasteiger partial charge in [-0.3, -0.25) is 9.59 Å². The van der Waals surface area contributed by atoms with Crippen LogP contribution in [0.3, 0.4) is 0 Å². The summed E-state index contributed by atoms with van der Waals surface area (Å²) in [4.78, 5) is 27.6. The number of nitrogens with one attached hydrogen (secondary N) is 1. The first kappa shape index (κ1) is 17.2. The monoisotopic (exact) mass is 321 g/mol. The van der Waals surface area contributed by atoms with Crippen molar-refractivity contribution in [3.63, 3.8) is 0 Å². The van der Waals surface area contributed by atoms with Crippen molar-refractivity contribution in [3.8, 4) is 0 Å². The fourth-order valence-corrected chi connectivity index (χ4v) is 2.60. The first-order chi connectivity index (χ1) is 11.1. The number of halogens is 1. The molecule has 6 heteroatoms. The quantitative estimate of drug-likeness (QED) is 0.869. The highest BCUT2D eigenvalue weighted by molar-refractivity contribution is 5.83. The van der Waals surface area contributed by atoms with Gasteiger partial charge in [0.1, 0.15) is 5.82 Å². The second-order valence-electron chi connectivity index (χ2n) is 5.69. The van der Waals surface area contributed by atoms with Crippen LogP contribution < -0.4 is 10.2 Å². The van der Waals surface area contributed by atoms with E-state index in [0.29, 0.717) is 19.6 Å².